The monoisotopic (exact) mass is 268 g/mol. The molecule has 0 bridgehead atoms. The molecule has 0 amide bonds. The molecule has 0 unspecified atom stereocenters. The maximum atomic E-state index is 5.91. The minimum absolute atomic E-state index is 0.457. The molecular formula is C13H21ClN4. The molecule has 1 fully saturated rings. The number of nitrogens with two attached hydrogens (primary N) is 1. The van der Waals surface area contributed by atoms with Crippen LogP contribution in [0.4, 0.5) is 11.5 Å². The predicted octanol–water partition coefficient (Wildman–Crippen LogP) is 2.24. The lowest BCUT2D eigenvalue weighted by Gasteiger charge is -2.40. The minimum Gasteiger partial charge on any atom is -0.397 e. The van der Waals surface area contributed by atoms with E-state index in [1.165, 1.54) is 13.0 Å². The fourth-order valence-corrected chi connectivity index (χ4v) is 2.60. The van der Waals surface area contributed by atoms with Crippen LogP contribution in [0.2, 0.25) is 5.02 Å². The van der Waals surface area contributed by atoms with Gasteiger partial charge in [0.25, 0.3) is 0 Å². The average molecular weight is 269 g/mol. The number of halogens is 1. The van der Waals surface area contributed by atoms with Gasteiger partial charge >= 0.3 is 0 Å². The number of nitrogens with zero attached hydrogens (tertiary/aromatic N) is 3. The molecule has 1 aromatic rings. The molecular weight excluding hydrogens is 248 g/mol. The SMILES string of the molecule is CCCN1CCN(c2cc(N)c(Cl)cn2)[C@@H](C)C1. The summed E-state index contributed by atoms with van der Waals surface area (Å²) in [6.07, 6.45) is 2.84. The van der Waals surface area contributed by atoms with Gasteiger partial charge in [-0.1, -0.05) is 18.5 Å². The highest BCUT2D eigenvalue weighted by Crippen LogP contribution is 2.24. The van der Waals surface area contributed by atoms with Crippen molar-refractivity contribution in [3.05, 3.63) is 17.3 Å². The molecule has 0 saturated carbocycles. The van der Waals surface area contributed by atoms with Crippen molar-refractivity contribution >= 4 is 23.1 Å². The molecule has 1 aromatic heterocycles. The molecule has 100 valence electrons. The lowest BCUT2D eigenvalue weighted by atomic mass is 10.2. The first-order valence-electron chi connectivity index (χ1n) is 6.51. The second kappa shape index (κ2) is 5.76. The molecule has 2 heterocycles. The van der Waals surface area contributed by atoms with Gasteiger partial charge in [-0.05, 0) is 19.9 Å². The van der Waals surface area contributed by atoms with E-state index in [-0.39, 0.29) is 0 Å². The molecule has 0 aliphatic carbocycles. The number of anilines is 2. The first-order valence-corrected chi connectivity index (χ1v) is 6.89. The standard InChI is InChI=1S/C13H21ClN4/c1-3-4-17-5-6-18(10(2)9-17)13-7-12(15)11(14)8-16-13/h7-8,10H,3-6,9H2,1-2H3,(H2,15,16)/t10-/m0/s1. The van der Waals surface area contributed by atoms with Gasteiger partial charge in [-0.15, -0.1) is 0 Å². The molecule has 0 aromatic carbocycles. The Balaban J connectivity index is 2.08. The molecule has 1 saturated heterocycles. The van der Waals surface area contributed by atoms with Crippen molar-refractivity contribution in [2.75, 3.05) is 36.8 Å². The third kappa shape index (κ3) is 2.87. The topological polar surface area (TPSA) is 45.4 Å². The summed E-state index contributed by atoms with van der Waals surface area (Å²) < 4.78 is 0. The molecule has 5 heteroatoms. The Morgan fingerprint density at radius 1 is 1.50 bits per heavy atom. The van der Waals surface area contributed by atoms with Crippen molar-refractivity contribution in [2.45, 2.75) is 26.3 Å². The highest BCUT2D eigenvalue weighted by Gasteiger charge is 2.24. The van der Waals surface area contributed by atoms with E-state index in [0.717, 1.165) is 25.5 Å². The third-order valence-corrected chi connectivity index (χ3v) is 3.73. The van der Waals surface area contributed by atoms with Crippen molar-refractivity contribution < 1.29 is 0 Å². The Hall–Kier alpha value is -1.00. The first-order chi connectivity index (χ1) is 8.61. The number of pyridine rings is 1. The summed E-state index contributed by atoms with van der Waals surface area (Å²) in [5, 5.41) is 0.524. The number of hydrogen-bond acceptors (Lipinski definition) is 4. The van der Waals surface area contributed by atoms with Crippen molar-refractivity contribution in [2.24, 2.45) is 0 Å². The van der Waals surface area contributed by atoms with Crippen LogP contribution in [0.25, 0.3) is 0 Å². The number of hydrogen-bond donors (Lipinski definition) is 1. The Morgan fingerprint density at radius 2 is 2.28 bits per heavy atom. The molecule has 2 rings (SSSR count). The molecule has 4 nitrogen and oxygen atoms in total. The second-order valence-electron chi connectivity index (χ2n) is 4.91. The first kappa shape index (κ1) is 13.4. The van der Waals surface area contributed by atoms with E-state index in [0.29, 0.717) is 16.8 Å². The van der Waals surface area contributed by atoms with Gasteiger partial charge in [0, 0.05) is 37.9 Å². The second-order valence-corrected chi connectivity index (χ2v) is 5.31. The molecule has 0 spiro atoms. The molecule has 2 N–H and O–H groups in total. The summed E-state index contributed by atoms with van der Waals surface area (Å²) in [6, 6.07) is 2.33. The molecule has 1 aliphatic heterocycles. The zero-order valence-corrected chi connectivity index (χ0v) is 11.8. The van der Waals surface area contributed by atoms with Gasteiger partial charge in [-0.25, -0.2) is 4.98 Å². The molecule has 1 aliphatic rings. The van der Waals surface area contributed by atoms with Crippen LogP contribution in [0.3, 0.4) is 0 Å². The van der Waals surface area contributed by atoms with E-state index in [2.05, 4.69) is 28.6 Å². The average Bonchev–Trinajstić information content (AvgIpc) is 2.34. The minimum atomic E-state index is 0.457. The quantitative estimate of drug-likeness (QED) is 0.913. The van der Waals surface area contributed by atoms with Crippen LogP contribution in [0.5, 0.6) is 0 Å². The van der Waals surface area contributed by atoms with Crippen LogP contribution < -0.4 is 10.6 Å². The Labute approximate surface area is 114 Å². The van der Waals surface area contributed by atoms with Crippen molar-refractivity contribution in [1.29, 1.82) is 0 Å². The fraction of sp³-hybridized carbons (Fsp3) is 0.615. The molecule has 0 radical (unpaired) electrons. The van der Waals surface area contributed by atoms with E-state index in [4.69, 9.17) is 17.3 Å². The van der Waals surface area contributed by atoms with Crippen molar-refractivity contribution in [1.82, 2.24) is 9.88 Å². The van der Waals surface area contributed by atoms with Crippen LogP contribution in [-0.4, -0.2) is 42.1 Å². The number of rotatable bonds is 3. The molecule has 1 atom stereocenters. The Kier molecular flexibility index (Phi) is 4.30. The largest absolute Gasteiger partial charge is 0.397 e. The van der Waals surface area contributed by atoms with Gasteiger partial charge < -0.3 is 10.6 Å². The normalized spacial score (nSPS) is 21.3. The Morgan fingerprint density at radius 3 is 2.89 bits per heavy atom. The highest BCUT2D eigenvalue weighted by atomic mass is 35.5. The van der Waals surface area contributed by atoms with Crippen LogP contribution in [0.1, 0.15) is 20.3 Å². The zero-order valence-electron chi connectivity index (χ0n) is 11.1. The zero-order chi connectivity index (χ0) is 13.1. The van der Waals surface area contributed by atoms with Gasteiger partial charge in [0.15, 0.2) is 0 Å². The summed E-state index contributed by atoms with van der Waals surface area (Å²) in [4.78, 5) is 9.18. The maximum Gasteiger partial charge on any atom is 0.130 e. The number of nitrogen functional groups attached to an aromatic ring is 1. The Bertz CT molecular complexity index is 410. The van der Waals surface area contributed by atoms with Gasteiger partial charge in [0.1, 0.15) is 5.82 Å². The van der Waals surface area contributed by atoms with Gasteiger partial charge in [0.05, 0.1) is 10.7 Å². The van der Waals surface area contributed by atoms with Crippen LogP contribution >= 0.6 is 11.6 Å². The van der Waals surface area contributed by atoms with E-state index in [1.54, 1.807) is 6.20 Å². The van der Waals surface area contributed by atoms with E-state index in [1.807, 2.05) is 6.07 Å². The number of aromatic nitrogens is 1. The summed E-state index contributed by atoms with van der Waals surface area (Å²) in [5.41, 5.74) is 6.44. The van der Waals surface area contributed by atoms with Crippen LogP contribution in [-0.2, 0) is 0 Å². The fourth-order valence-electron chi connectivity index (χ4n) is 2.49. The summed E-state index contributed by atoms with van der Waals surface area (Å²) >= 11 is 5.91. The number of piperazine rings is 1. The maximum absolute atomic E-state index is 5.91. The highest BCUT2D eigenvalue weighted by molar-refractivity contribution is 6.32. The smallest absolute Gasteiger partial charge is 0.130 e. The third-order valence-electron chi connectivity index (χ3n) is 3.42. The summed E-state index contributed by atoms with van der Waals surface area (Å²) in [7, 11) is 0. The lowest BCUT2D eigenvalue weighted by molar-refractivity contribution is 0.228. The van der Waals surface area contributed by atoms with Gasteiger partial charge in [-0.3, -0.25) is 4.90 Å². The van der Waals surface area contributed by atoms with Crippen LogP contribution in [0, 0.1) is 0 Å². The van der Waals surface area contributed by atoms with Crippen LogP contribution in [0.15, 0.2) is 12.3 Å². The van der Waals surface area contributed by atoms with E-state index < -0.39 is 0 Å². The van der Waals surface area contributed by atoms with Crippen molar-refractivity contribution in [3.63, 3.8) is 0 Å². The van der Waals surface area contributed by atoms with Gasteiger partial charge in [-0.2, -0.15) is 0 Å². The predicted molar refractivity (Wildman–Crippen MR) is 77.2 cm³/mol. The summed E-state index contributed by atoms with van der Waals surface area (Å²) in [5.74, 6) is 0.931. The van der Waals surface area contributed by atoms with E-state index >= 15 is 0 Å². The van der Waals surface area contributed by atoms with Crippen molar-refractivity contribution in [3.8, 4) is 0 Å². The van der Waals surface area contributed by atoms with Gasteiger partial charge in [0.2, 0.25) is 0 Å². The van der Waals surface area contributed by atoms with E-state index in [9.17, 15) is 0 Å². The lowest BCUT2D eigenvalue weighted by Crippen LogP contribution is -2.52. The summed E-state index contributed by atoms with van der Waals surface area (Å²) in [6.45, 7) is 8.79. The molecule has 18 heavy (non-hydrogen) atoms.